The molecule has 0 spiro atoms. The van der Waals surface area contributed by atoms with Crippen LogP contribution in [0, 0.1) is 0 Å². The summed E-state index contributed by atoms with van der Waals surface area (Å²) in [5, 5.41) is 56.2. The average Bonchev–Trinajstić information content (AvgIpc) is 3.24. The van der Waals surface area contributed by atoms with Crippen LogP contribution in [0.4, 0.5) is 34.1 Å². The Labute approximate surface area is 489 Å². The van der Waals surface area contributed by atoms with Crippen LogP contribution in [0.1, 0.15) is 10.4 Å². The number of nitrogens with two attached hydrogens (primary N) is 1. The Hall–Kier alpha value is -1.27. The van der Waals surface area contributed by atoms with Gasteiger partial charge in [0.1, 0.15) is 21.5 Å². The minimum absolute atomic E-state index is 0. The van der Waals surface area contributed by atoms with Gasteiger partial charge in [0.05, 0.1) is 78.8 Å². The van der Waals surface area contributed by atoms with Gasteiger partial charge in [-0.25, -0.2) is 33.7 Å². The van der Waals surface area contributed by atoms with Crippen molar-refractivity contribution in [3.05, 3.63) is 90.5 Å². The monoisotopic (exact) mass is 1110 g/mol. The molecule has 0 radical (unpaired) electrons. The number of phenolic OH excluding ortho intramolecular Hbond substituents is 1. The van der Waals surface area contributed by atoms with Crippen LogP contribution in [0.5, 0.6) is 5.75 Å². The van der Waals surface area contributed by atoms with Gasteiger partial charge in [0.15, 0.2) is 37.7 Å². The van der Waals surface area contributed by atoms with E-state index < -0.39 is 91.9 Å². The molecule has 0 heterocycles. The first-order chi connectivity index (χ1) is 30.6. The van der Waals surface area contributed by atoms with Crippen LogP contribution in [-0.2, 0) is 67.3 Å². The third kappa shape index (κ3) is 19.2. The molecule has 5 aromatic carbocycles. The molecule has 69 heavy (non-hydrogen) atoms. The van der Waals surface area contributed by atoms with E-state index in [-0.39, 0.29) is 197 Å². The molecule has 0 bridgehead atoms. The standard InChI is InChI=1S/C33H30N6O20S6.4Na/c34-29-28-20(18-27(64(48,49)50)31(29)39-36-22-6-10-25(11-7-22)63(46,47)15-13-55-65(51,52)53)17-26(60-58-56-42)30(32(28)40)38-37-23-3-1-2-19(16-23)33(41)35-21-4-8-24(9-5-21)62(44,45)14-12-54-61-59-57-43;;;;/h1-11,16-18,40,42-43H,12-15,34H2,(H,35,41)(H,48,49,50)(H,51,52,53);;;;/q;4*+1/p-4. The van der Waals surface area contributed by atoms with Gasteiger partial charge >= 0.3 is 118 Å². The van der Waals surface area contributed by atoms with Crippen molar-refractivity contribution in [1.82, 2.24) is 0 Å². The zero-order chi connectivity index (χ0) is 47.6. The Morgan fingerprint density at radius 1 is 0.696 bits per heavy atom. The Balaban J connectivity index is 0.00000595. The zero-order valence-electron chi connectivity index (χ0n) is 35.9. The fourth-order valence-electron chi connectivity index (χ4n) is 5.30. The Kier molecular flexibility index (Phi) is 28.2. The molecule has 0 unspecified atom stereocenters. The molecule has 348 valence electrons. The summed E-state index contributed by atoms with van der Waals surface area (Å²) in [4.78, 5) is 11.4. The Morgan fingerprint density at radius 3 is 1.84 bits per heavy atom. The summed E-state index contributed by atoms with van der Waals surface area (Å²) in [7, 11) is -18.5. The normalized spacial score (nSPS) is 11.9. The number of nitrogen functional groups attached to an aromatic ring is 1. The van der Waals surface area contributed by atoms with Gasteiger partial charge in [-0.3, -0.25) is 23.2 Å². The first-order valence-corrected chi connectivity index (χ1v) is 24.6. The quantitative estimate of drug-likeness (QED) is 0.00667. The molecule has 0 aliphatic rings. The molecule has 5 rings (SSSR count). The van der Waals surface area contributed by atoms with Crippen molar-refractivity contribution in [3.8, 4) is 5.75 Å². The van der Waals surface area contributed by atoms with Crippen molar-refractivity contribution in [2.45, 2.75) is 19.6 Å². The summed E-state index contributed by atoms with van der Waals surface area (Å²) < 4.78 is 136. The first kappa shape index (κ1) is 65.7. The van der Waals surface area contributed by atoms with Gasteiger partial charge in [-0.1, -0.05) is 6.07 Å². The number of aromatic hydroxyl groups is 1. The number of fused-ring (bicyclic) bond motifs is 1. The van der Waals surface area contributed by atoms with E-state index in [1.54, 1.807) is 0 Å². The molecule has 36 heteroatoms. The van der Waals surface area contributed by atoms with Crippen LogP contribution in [0.15, 0.2) is 125 Å². The summed E-state index contributed by atoms with van der Waals surface area (Å²) >= 11 is 0.344. The van der Waals surface area contributed by atoms with Crippen LogP contribution in [0.25, 0.3) is 10.8 Å². The molecule has 26 nitrogen and oxygen atoms in total. The van der Waals surface area contributed by atoms with Gasteiger partial charge in [-0.2, -0.15) is 14.6 Å². The second kappa shape index (κ2) is 29.6. The topological polar surface area (TPSA) is 409 Å². The number of hydrogen-bond acceptors (Lipinski definition) is 27. The van der Waals surface area contributed by atoms with Crippen molar-refractivity contribution in [1.29, 1.82) is 0 Å². The Morgan fingerprint density at radius 2 is 1.26 bits per heavy atom. The third-order valence-electron chi connectivity index (χ3n) is 8.16. The smallest absolute Gasteiger partial charge is 0.744 e. The molecular weight excluding hydrogens is 1080 g/mol. The van der Waals surface area contributed by atoms with Crippen molar-refractivity contribution in [2.75, 3.05) is 35.8 Å². The second-order valence-corrected chi connectivity index (χ2v) is 20.2. The molecule has 0 saturated carbocycles. The zero-order valence-corrected chi connectivity index (χ0v) is 48.8. The SMILES string of the molecule is Nc1c(N=Nc2ccc(S(=O)(=O)CCOS(=O)(=O)[O-])cc2)c(S(=O)(=O)[O-])cc2cc(SOO[O-])c(N=Nc3cccc(C(=O)Nc4ccc(S(=O)(=O)CCOSOO[O-])cc4)c3)c(O)c12.[Na+].[Na+].[Na+].[Na+]. The van der Waals surface area contributed by atoms with E-state index in [2.05, 4.69) is 48.7 Å². The van der Waals surface area contributed by atoms with Crippen LogP contribution < -0.4 is 140 Å². The maximum Gasteiger partial charge on any atom is 1.00 e. The van der Waals surface area contributed by atoms with Crippen molar-refractivity contribution in [3.63, 3.8) is 0 Å². The maximum atomic E-state index is 13.1. The molecule has 0 aliphatic heterocycles. The number of hydrogen-bond donors (Lipinski definition) is 3. The molecule has 0 aromatic heterocycles. The van der Waals surface area contributed by atoms with Gasteiger partial charge in [-0.15, -0.1) is 14.6 Å². The van der Waals surface area contributed by atoms with E-state index >= 15 is 0 Å². The maximum absolute atomic E-state index is 13.1. The van der Waals surface area contributed by atoms with Gasteiger partial charge < -0.3 is 35.8 Å². The van der Waals surface area contributed by atoms with E-state index in [0.29, 0.717) is 0 Å². The fraction of sp³-hybridized carbons (Fsp3) is 0.121. The number of benzene rings is 5. The molecule has 0 aliphatic carbocycles. The molecule has 1 amide bonds. The molecule has 0 saturated heterocycles. The summed E-state index contributed by atoms with van der Waals surface area (Å²) in [6.07, 6.45) is 0. The average molecular weight is 1110 g/mol. The van der Waals surface area contributed by atoms with Crippen molar-refractivity contribution >= 4 is 115 Å². The van der Waals surface area contributed by atoms with Gasteiger partial charge in [0.2, 0.25) is 10.4 Å². The summed E-state index contributed by atoms with van der Waals surface area (Å²) in [6.45, 7) is -1.30. The predicted molar refractivity (Wildman–Crippen MR) is 217 cm³/mol. The number of anilines is 2. The van der Waals surface area contributed by atoms with E-state index in [1.165, 1.54) is 48.5 Å². The van der Waals surface area contributed by atoms with Gasteiger partial charge in [-0.05, 0) is 84.2 Å². The minimum atomic E-state index is -5.39. The van der Waals surface area contributed by atoms with Crippen LogP contribution in [0.3, 0.4) is 0 Å². The molecule has 0 fully saturated rings. The van der Waals surface area contributed by atoms with Crippen LogP contribution in [0.2, 0.25) is 0 Å². The number of phenols is 1. The number of amides is 1. The number of rotatable bonds is 22. The summed E-state index contributed by atoms with van der Waals surface area (Å²) in [6, 6.07) is 16.7. The fourth-order valence-corrected chi connectivity index (χ4v) is 9.34. The molecule has 5 aromatic rings. The van der Waals surface area contributed by atoms with Crippen molar-refractivity contribution < 1.29 is 209 Å². The third-order valence-corrected chi connectivity index (χ3v) is 13.8. The second-order valence-electron chi connectivity index (χ2n) is 12.3. The predicted octanol–water partition coefficient (Wildman–Crippen LogP) is -8.81. The van der Waals surface area contributed by atoms with Gasteiger partial charge in [0, 0.05) is 11.3 Å². The number of sulfone groups is 2. The number of carbonyl (C=O) groups is 1. The van der Waals surface area contributed by atoms with Crippen LogP contribution >= 0.6 is 24.4 Å². The largest absolute Gasteiger partial charge is 1.00 e. The van der Waals surface area contributed by atoms with Crippen LogP contribution in [-0.4, -0.2) is 78.5 Å². The van der Waals surface area contributed by atoms with E-state index in [1.807, 2.05) is 0 Å². The molecule has 0 atom stereocenters. The first-order valence-electron chi connectivity index (χ1n) is 17.1. The van der Waals surface area contributed by atoms with Gasteiger partial charge in [0.25, 0.3) is 5.91 Å². The number of carbonyl (C=O) groups excluding carboxylic acids is 1. The van der Waals surface area contributed by atoms with E-state index in [4.69, 9.17) is 9.92 Å². The number of nitrogens with zero attached hydrogens (tertiary/aromatic N) is 4. The number of azo groups is 2. The number of nitrogens with one attached hydrogen (secondary N) is 1. The van der Waals surface area contributed by atoms with E-state index in [0.717, 1.165) is 36.4 Å². The minimum Gasteiger partial charge on any atom is -0.744 e. The summed E-state index contributed by atoms with van der Waals surface area (Å²) in [5.74, 6) is -2.84. The Bertz CT molecular complexity index is 3090. The van der Waals surface area contributed by atoms with E-state index in [9.17, 15) is 63.2 Å². The molecule has 4 N–H and O–H groups in total. The van der Waals surface area contributed by atoms with Crippen molar-refractivity contribution in [2.24, 2.45) is 20.5 Å². The summed E-state index contributed by atoms with van der Waals surface area (Å²) in [5.41, 5.74) is 4.57. The molecular formula is C33H26N6Na4O20S6.